The third-order valence-corrected chi connectivity index (χ3v) is 5.84. The molecule has 0 aromatic heterocycles. The summed E-state index contributed by atoms with van der Waals surface area (Å²) in [6.45, 7) is 5.77. The van der Waals surface area contributed by atoms with Crippen molar-refractivity contribution in [3.8, 4) is 0 Å². The molecule has 1 heterocycles. The molecule has 1 saturated heterocycles. The van der Waals surface area contributed by atoms with E-state index in [4.69, 9.17) is 4.74 Å². The van der Waals surface area contributed by atoms with E-state index in [0.717, 1.165) is 32.1 Å². The zero-order chi connectivity index (χ0) is 16.3. The minimum atomic E-state index is -0.653. The van der Waals surface area contributed by atoms with Crippen LogP contribution in [-0.2, 0) is 19.1 Å². The Balaban J connectivity index is 2.15. The molecule has 1 atom stereocenters. The van der Waals surface area contributed by atoms with Crippen molar-refractivity contribution >= 4 is 29.4 Å². The van der Waals surface area contributed by atoms with E-state index in [0.29, 0.717) is 5.75 Å². The number of hydrogen-bond acceptors (Lipinski definition) is 5. The smallest absolute Gasteiger partial charge is 0.329 e. The van der Waals surface area contributed by atoms with Crippen LogP contribution < -0.4 is 0 Å². The van der Waals surface area contributed by atoms with Gasteiger partial charge in [0.2, 0.25) is 5.78 Å². The van der Waals surface area contributed by atoms with Crippen molar-refractivity contribution in [1.82, 2.24) is 4.90 Å². The maximum Gasteiger partial charge on any atom is 0.329 e. The van der Waals surface area contributed by atoms with Gasteiger partial charge in [0.25, 0.3) is 5.91 Å². The third kappa shape index (κ3) is 3.47. The lowest BCUT2D eigenvalue weighted by molar-refractivity contribution is -0.158. The van der Waals surface area contributed by atoms with Gasteiger partial charge in [-0.3, -0.25) is 9.59 Å². The van der Waals surface area contributed by atoms with Crippen LogP contribution in [0.2, 0.25) is 0 Å². The SMILES string of the molecule is CCOC(=O)[C@@H]1CSC(C)(C)N1C(=O)C(=O)C1CCCCC1. The summed E-state index contributed by atoms with van der Waals surface area (Å²) in [5, 5.41) is 0. The first kappa shape index (κ1) is 17.3. The number of thioether (sulfide) groups is 1. The van der Waals surface area contributed by atoms with Crippen LogP contribution in [-0.4, -0.2) is 45.8 Å². The Kier molecular flexibility index (Phi) is 5.53. The molecule has 0 N–H and O–H groups in total. The normalized spacial score (nSPS) is 25.0. The van der Waals surface area contributed by atoms with Crippen molar-refractivity contribution < 1.29 is 19.1 Å². The molecule has 2 fully saturated rings. The summed E-state index contributed by atoms with van der Waals surface area (Å²) < 4.78 is 5.07. The van der Waals surface area contributed by atoms with Crippen LogP contribution in [0.25, 0.3) is 0 Å². The van der Waals surface area contributed by atoms with Crippen molar-refractivity contribution in [3.05, 3.63) is 0 Å². The maximum atomic E-state index is 12.7. The molecule has 124 valence electrons. The van der Waals surface area contributed by atoms with Gasteiger partial charge in [0.05, 0.1) is 11.5 Å². The van der Waals surface area contributed by atoms with E-state index in [-0.39, 0.29) is 18.3 Å². The molecule has 1 aliphatic heterocycles. The van der Waals surface area contributed by atoms with Crippen molar-refractivity contribution in [1.29, 1.82) is 0 Å². The van der Waals surface area contributed by atoms with Crippen molar-refractivity contribution in [2.45, 2.75) is 63.8 Å². The fourth-order valence-corrected chi connectivity index (χ4v) is 4.46. The second-order valence-corrected chi connectivity index (χ2v) is 8.02. The van der Waals surface area contributed by atoms with Gasteiger partial charge in [-0.15, -0.1) is 11.8 Å². The number of carbonyl (C=O) groups excluding carboxylic acids is 3. The highest BCUT2D eigenvalue weighted by Crippen LogP contribution is 2.40. The molecule has 0 unspecified atom stereocenters. The van der Waals surface area contributed by atoms with Gasteiger partial charge in [-0.1, -0.05) is 19.3 Å². The summed E-state index contributed by atoms with van der Waals surface area (Å²) in [5.41, 5.74) is 0. The largest absolute Gasteiger partial charge is 0.464 e. The number of ether oxygens (including phenoxy) is 1. The van der Waals surface area contributed by atoms with Crippen LogP contribution in [0.5, 0.6) is 0 Å². The molecule has 0 bridgehead atoms. The molecule has 1 amide bonds. The zero-order valence-corrected chi connectivity index (χ0v) is 14.4. The fraction of sp³-hybridized carbons (Fsp3) is 0.812. The van der Waals surface area contributed by atoms with E-state index in [1.165, 1.54) is 16.7 Å². The van der Waals surface area contributed by atoms with Gasteiger partial charge in [-0.05, 0) is 33.6 Å². The Morgan fingerprint density at radius 2 is 1.82 bits per heavy atom. The molecule has 1 saturated carbocycles. The van der Waals surface area contributed by atoms with E-state index in [9.17, 15) is 14.4 Å². The molecular weight excluding hydrogens is 302 g/mol. The van der Waals surface area contributed by atoms with Gasteiger partial charge < -0.3 is 9.64 Å². The first-order valence-corrected chi connectivity index (χ1v) is 9.05. The average molecular weight is 327 g/mol. The molecular formula is C16H25NO4S. The first-order valence-electron chi connectivity index (χ1n) is 8.06. The predicted molar refractivity (Wildman–Crippen MR) is 85.4 cm³/mol. The summed E-state index contributed by atoms with van der Waals surface area (Å²) in [4.78, 5) is 38.3. The van der Waals surface area contributed by atoms with Gasteiger partial charge in [0, 0.05) is 11.7 Å². The average Bonchev–Trinajstić information content (AvgIpc) is 2.82. The topological polar surface area (TPSA) is 63.7 Å². The number of carbonyl (C=O) groups is 3. The Labute approximate surface area is 136 Å². The molecule has 2 aliphatic rings. The lowest BCUT2D eigenvalue weighted by Crippen LogP contribution is -2.53. The van der Waals surface area contributed by atoms with Crippen LogP contribution in [0, 0.1) is 5.92 Å². The molecule has 0 aromatic rings. The van der Waals surface area contributed by atoms with Gasteiger partial charge in [0.1, 0.15) is 6.04 Å². The number of ketones is 1. The van der Waals surface area contributed by atoms with Crippen LogP contribution in [0.3, 0.4) is 0 Å². The second kappa shape index (κ2) is 7.02. The lowest BCUT2D eigenvalue weighted by atomic mass is 9.85. The highest BCUT2D eigenvalue weighted by Gasteiger charge is 2.49. The number of nitrogens with zero attached hydrogens (tertiary/aromatic N) is 1. The Morgan fingerprint density at radius 3 is 2.41 bits per heavy atom. The molecule has 0 spiro atoms. The molecule has 5 nitrogen and oxygen atoms in total. The van der Waals surface area contributed by atoms with E-state index in [1.807, 2.05) is 13.8 Å². The van der Waals surface area contributed by atoms with Crippen LogP contribution in [0.1, 0.15) is 52.9 Å². The van der Waals surface area contributed by atoms with E-state index < -0.39 is 22.8 Å². The molecule has 0 aromatic carbocycles. The van der Waals surface area contributed by atoms with E-state index in [2.05, 4.69) is 0 Å². The molecule has 2 rings (SSSR count). The summed E-state index contributed by atoms with van der Waals surface area (Å²) in [7, 11) is 0. The van der Waals surface area contributed by atoms with Crippen molar-refractivity contribution in [2.75, 3.05) is 12.4 Å². The number of hydrogen-bond donors (Lipinski definition) is 0. The molecule has 1 aliphatic carbocycles. The fourth-order valence-electron chi connectivity index (χ4n) is 3.26. The zero-order valence-electron chi connectivity index (χ0n) is 13.6. The summed E-state index contributed by atoms with van der Waals surface area (Å²) in [6.07, 6.45) is 4.72. The molecule has 22 heavy (non-hydrogen) atoms. The highest BCUT2D eigenvalue weighted by atomic mass is 32.2. The van der Waals surface area contributed by atoms with Crippen molar-refractivity contribution in [2.24, 2.45) is 5.92 Å². The van der Waals surface area contributed by atoms with Crippen molar-refractivity contribution in [3.63, 3.8) is 0 Å². The number of esters is 1. The summed E-state index contributed by atoms with van der Waals surface area (Å²) >= 11 is 1.51. The quantitative estimate of drug-likeness (QED) is 0.586. The number of rotatable bonds is 4. The summed E-state index contributed by atoms with van der Waals surface area (Å²) in [6, 6.07) is -0.653. The van der Waals surface area contributed by atoms with Crippen LogP contribution in [0.15, 0.2) is 0 Å². The van der Waals surface area contributed by atoms with Crippen LogP contribution >= 0.6 is 11.8 Å². The molecule has 0 radical (unpaired) electrons. The number of amides is 1. The lowest BCUT2D eigenvalue weighted by Gasteiger charge is -2.34. The number of Topliss-reactive ketones (excluding diaryl/α,β-unsaturated/α-hetero) is 1. The van der Waals surface area contributed by atoms with Gasteiger partial charge >= 0.3 is 5.97 Å². The summed E-state index contributed by atoms with van der Waals surface area (Å²) in [5.74, 6) is -0.949. The Bertz CT molecular complexity index is 457. The highest BCUT2D eigenvalue weighted by molar-refractivity contribution is 8.00. The first-order chi connectivity index (χ1) is 10.4. The Hall–Kier alpha value is -1.04. The van der Waals surface area contributed by atoms with Crippen LogP contribution in [0.4, 0.5) is 0 Å². The monoisotopic (exact) mass is 327 g/mol. The third-order valence-electron chi connectivity index (χ3n) is 4.45. The van der Waals surface area contributed by atoms with E-state index in [1.54, 1.807) is 6.92 Å². The standard InChI is InChI=1S/C16H25NO4S/c1-4-21-15(20)12-10-22-16(2,3)17(12)14(19)13(18)11-8-6-5-7-9-11/h11-12H,4-10H2,1-3H3/t12-/m0/s1. The molecule has 6 heteroatoms. The van der Waals surface area contributed by atoms with E-state index >= 15 is 0 Å². The second-order valence-electron chi connectivity index (χ2n) is 6.40. The minimum Gasteiger partial charge on any atom is -0.464 e. The minimum absolute atomic E-state index is 0.175. The Morgan fingerprint density at radius 1 is 1.18 bits per heavy atom. The van der Waals surface area contributed by atoms with Gasteiger partial charge in [-0.25, -0.2) is 4.79 Å². The van der Waals surface area contributed by atoms with Gasteiger partial charge in [0.15, 0.2) is 0 Å². The predicted octanol–water partition coefficient (Wildman–Crippen LogP) is 2.38. The maximum absolute atomic E-state index is 12.7. The van der Waals surface area contributed by atoms with Gasteiger partial charge in [-0.2, -0.15) is 0 Å².